The number of amides is 2. The van der Waals surface area contributed by atoms with Gasteiger partial charge in [-0.3, -0.25) is 15.1 Å². The topological polar surface area (TPSA) is 148 Å². The van der Waals surface area contributed by atoms with E-state index in [9.17, 15) is 32.4 Å². The zero-order valence-corrected chi connectivity index (χ0v) is 19.2. The molecule has 0 aliphatic heterocycles. The van der Waals surface area contributed by atoms with Crippen LogP contribution in [0.25, 0.3) is 11.4 Å². The molecule has 3 atom stereocenters. The fourth-order valence-electron chi connectivity index (χ4n) is 3.63. The van der Waals surface area contributed by atoms with Gasteiger partial charge in [0.05, 0.1) is 35.4 Å². The Morgan fingerprint density at radius 3 is 2.62 bits per heavy atom. The molecule has 0 aromatic carbocycles. The number of hydrogen-bond acceptors (Lipinski definition) is 8. The van der Waals surface area contributed by atoms with Crippen molar-refractivity contribution in [3.05, 3.63) is 47.9 Å². The van der Waals surface area contributed by atoms with E-state index in [2.05, 4.69) is 30.9 Å². The molecule has 192 valence electrons. The second kappa shape index (κ2) is 9.80. The number of aryl methyl sites for hydroxylation is 1. The van der Waals surface area contributed by atoms with E-state index in [1.807, 2.05) is 0 Å². The Morgan fingerprint density at radius 2 is 2.00 bits per heavy atom. The van der Waals surface area contributed by atoms with Crippen molar-refractivity contribution in [2.24, 2.45) is 18.4 Å². The molecule has 11 nitrogen and oxygen atoms in total. The Morgan fingerprint density at radius 1 is 1.24 bits per heavy atom. The Kier molecular flexibility index (Phi) is 6.75. The minimum Gasteiger partial charge on any atom is -0.441 e. The lowest BCUT2D eigenvalue weighted by atomic mass is 10.1. The second-order valence-electron chi connectivity index (χ2n) is 8.23. The van der Waals surface area contributed by atoms with E-state index in [0.717, 1.165) is 6.07 Å². The molecule has 0 bridgehead atoms. The lowest BCUT2D eigenvalue weighted by Gasteiger charge is -2.15. The minimum absolute atomic E-state index is 0.0560. The molecule has 15 heteroatoms. The van der Waals surface area contributed by atoms with E-state index in [4.69, 9.17) is 4.74 Å². The third-order valence-electron chi connectivity index (χ3n) is 5.79. The number of ether oxygens (including phenoxy) is 1. The highest BCUT2D eigenvalue weighted by Crippen LogP contribution is 2.55. The number of nitriles is 1. The SMILES string of the molecule is C[C@@H](OC(=O)Nc1c(-c2ccc(NC(=O)[C@@]3(C#N)CC3C(F)F)cn2)nnn1C)c1cc(F)cnc1F. The number of pyridine rings is 2. The molecule has 2 amide bonds. The van der Waals surface area contributed by atoms with Gasteiger partial charge in [0.1, 0.15) is 17.3 Å². The van der Waals surface area contributed by atoms with Crippen molar-refractivity contribution >= 4 is 23.5 Å². The molecule has 1 fully saturated rings. The summed E-state index contributed by atoms with van der Waals surface area (Å²) < 4.78 is 59.4. The van der Waals surface area contributed by atoms with Crippen molar-refractivity contribution in [2.45, 2.75) is 25.9 Å². The molecule has 37 heavy (non-hydrogen) atoms. The standard InChI is InChI=1S/C22H18F4N8O3/c1-10(13-5-11(23)7-29-18(13)26)37-21(36)31-19-16(32-33-34(19)2)15-4-3-12(8-28-15)30-20(35)22(9-27)6-14(22)17(24)25/h3-5,7-8,10,14,17H,6H2,1-2H3,(H,30,35)(H,31,36)/t10-,14?,22-/m1/s1. The fraction of sp³-hybridized carbons (Fsp3) is 0.318. The monoisotopic (exact) mass is 518 g/mol. The predicted molar refractivity (Wildman–Crippen MR) is 118 cm³/mol. The number of anilines is 2. The lowest BCUT2D eigenvalue weighted by molar-refractivity contribution is -0.120. The highest BCUT2D eigenvalue weighted by Gasteiger charge is 2.65. The molecule has 1 aliphatic carbocycles. The van der Waals surface area contributed by atoms with Crippen molar-refractivity contribution in [2.75, 3.05) is 10.6 Å². The first-order valence-corrected chi connectivity index (χ1v) is 10.7. The van der Waals surface area contributed by atoms with Crippen LogP contribution in [-0.4, -0.2) is 43.4 Å². The lowest BCUT2D eigenvalue weighted by Crippen LogP contribution is -2.26. The maximum atomic E-state index is 13.9. The van der Waals surface area contributed by atoms with Crippen molar-refractivity contribution in [3.63, 3.8) is 0 Å². The van der Waals surface area contributed by atoms with Crippen LogP contribution in [0.15, 0.2) is 30.6 Å². The molecule has 1 unspecified atom stereocenters. The highest BCUT2D eigenvalue weighted by atomic mass is 19.3. The first-order valence-electron chi connectivity index (χ1n) is 10.7. The van der Waals surface area contributed by atoms with Crippen LogP contribution >= 0.6 is 0 Å². The van der Waals surface area contributed by atoms with Crippen molar-refractivity contribution in [1.29, 1.82) is 5.26 Å². The number of aromatic nitrogens is 5. The molecule has 2 N–H and O–H groups in total. The van der Waals surface area contributed by atoms with Crippen LogP contribution in [0.3, 0.4) is 0 Å². The number of halogens is 4. The van der Waals surface area contributed by atoms with Crippen LogP contribution in [0.5, 0.6) is 0 Å². The van der Waals surface area contributed by atoms with E-state index < -0.39 is 47.6 Å². The van der Waals surface area contributed by atoms with Crippen molar-refractivity contribution < 1.29 is 31.9 Å². The van der Waals surface area contributed by atoms with E-state index >= 15 is 0 Å². The molecule has 0 radical (unpaired) electrons. The molecular weight excluding hydrogens is 500 g/mol. The molecule has 3 aromatic heterocycles. The number of nitrogens with one attached hydrogen (secondary N) is 2. The van der Waals surface area contributed by atoms with Gasteiger partial charge in [0.2, 0.25) is 18.3 Å². The van der Waals surface area contributed by atoms with Gasteiger partial charge in [-0.05, 0) is 31.5 Å². The fourth-order valence-corrected chi connectivity index (χ4v) is 3.63. The van der Waals surface area contributed by atoms with Crippen molar-refractivity contribution in [3.8, 4) is 17.5 Å². The van der Waals surface area contributed by atoms with Crippen LogP contribution in [-0.2, 0) is 16.6 Å². The first-order chi connectivity index (χ1) is 17.6. The summed E-state index contributed by atoms with van der Waals surface area (Å²) in [6, 6.07) is 5.35. The normalized spacial score (nSPS) is 19.1. The number of alkyl halides is 2. The number of nitrogens with zero attached hydrogens (tertiary/aromatic N) is 6. The summed E-state index contributed by atoms with van der Waals surface area (Å²) in [5.41, 5.74) is -1.57. The molecule has 4 rings (SSSR count). The van der Waals surface area contributed by atoms with Gasteiger partial charge >= 0.3 is 6.09 Å². The van der Waals surface area contributed by atoms with Gasteiger partial charge in [-0.15, -0.1) is 5.10 Å². The van der Waals surface area contributed by atoms with Gasteiger partial charge in [0.15, 0.2) is 11.5 Å². The summed E-state index contributed by atoms with van der Waals surface area (Å²) in [7, 11) is 1.47. The van der Waals surface area contributed by atoms with E-state index in [-0.39, 0.29) is 34.9 Å². The van der Waals surface area contributed by atoms with E-state index in [1.54, 1.807) is 6.07 Å². The number of carbonyl (C=O) groups excluding carboxylic acids is 2. The second-order valence-corrected chi connectivity index (χ2v) is 8.23. The van der Waals surface area contributed by atoms with Gasteiger partial charge < -0.3 is 10.1 Å². The number of hydrogen-bond donors (Lipinski definition) is 2. The zero-order chi connectivity index (χ0) is 26.9. The molecular formula is C22H18F4N8O3. The maximum absolute atomic E-state index is 13.9. The van der Waals surface area contributed by atoms with Gasteiger partial charge in [-0.25, -0.2) is 27.6 Å². The molecule has 3 heterocycles. The summed E-state index contributed by atoms with van der Waals surface area (Å²) >= 11 is 0. The Hall–Kier alpha value is -4.61. The van der Waals surface area contributed by atoms with Gasteiger partial charge in [0, 0.05) is 13.0 Å². The Labute approximate surface area is 206 Å². The number of carbonyl (C=O) groups is 2. The summed E-state index contributed by atoms with van der Waals surface area (Å²) in [6.45, 7) is 1.33. The Balaban J connectivity index is 1.45. The molecule has 0 spiro atoms. The van der Waals surface area contributed by atoms with E-state index in [1.165, 1.54) is 37.0 Å². The third kappa shape index (κ3) is 5.03. The summed E-state index contributed by atoms with van der Waals surface area (Å²) in [4.78, 5) is 32.2. The molecule has 1 saturated carbocycles. The average Bonchev–Trinajstić information content (AvgIpc) is 3.53. The smallest absolute Gasteiger partial charge is 0.413 e. The number of rotatable bonds is 7. The first kappa shape index (κ1) is 25.5. The largest absolute Gasteiger partial charge is 0.441 e. The van der Waals surface area contributed by atoms with E-state index in [0.29, 0.717) is 6.20 Å². The predicted octanol–water partition coefficient (Wildman–Crippen LogP) is 3.59. The molecule has 3 aromatic rings. The summed E-state index contributed by atoms with van der Waals surface area (Å²) in [5, 5.41) is 21.8. The van der Waals surface area contributed by atoms with Crippen LogP contribution in [0.4, 0.5) is 33.9 Å². The van der Waals surface area contributed by atoms with Gasteiger partial charge in [-0.2, -0.15) is 9.65 Å². The maximum Gasteiger partial charge on any atom is 0.413 e. The summed E-state index contributed by atoms with van der Waals surface area (Å²) in [6.07, 6.45) is -3.31. The third-order valence-corrected chi connectivity index (χ3v) is 5.79. The van der Waals surface area contributed by atoms with Gasteiger partial charge in [0.25, 0.3) is 0 Å². The average molecular weight is 518 g/mol. The zero-order valence-electron chi connectivity index (χ0n) is 19.2. The Bertz CT molecular complexity index is 1390. The van der Waals surface area contributed by atoms with Crippen LogP contribution in [0.2, 0.25) is 0 Å². The quantitative estimate of drug-likeness (QED) is 0.356. The molecule has 1 aliphatic rings. The van der Waals surface area contributed by atoms with Crippen LogP contribution < -0.4 is 10.6 Å². The van der Waals surface area contributed by atoms with Crippen molar-refractivity contribution in [1.82, 2.24) is 25.0 Å². The molecule has 0 saturated heterocycles. The minimum atomic E-state index is -2.78. The van der Waals surface area contributed by atoms with Crippen LogP contribution in [0, 0.1) is 34.4 Å². The van der Waals surface area contributed by atoms with Gasteiger partial charge in [-0.1, -0.05) is 5.21 Å². The van der Waals surface area contributed by atoms with Crippen LogP contribution in [0.1, 0.15) is 25.0 Å². The summed E-state index contributed by atoms with van der Waals surface area (Å²) in [5.74, 6) is -3.91. The highest BCUT2D eigenvalue weighted by molar-refractivity contribution is 5.99.